The third-order valence-corrected chi connectivity index (χ3v) is 0.1000. The number of hydrogen-bond donors (Lipinski definition) is 2. The van der Waals surface area contributed by atoms with Gasteiger partial charge in [-0.1, -0.05) is 0 Å². The second-order valence-electron chi connectivity index (χ2n) is 0.447. The zero-order valence-electron chi connectivity index (χ0n) is 3.31. The van der Waals surface area contributed by atoms with Crippen molar-refractivity contribution in [2.75, 3.05) is 13.2 Å². The maximum Gasteiger partial charge on any atom is 0.0662 e. The minimum atomic E-state index is -0.125. The second kappa shape index (κ2) is 16.1. The molecule has 0 amide bonds. The van der Waals surface area contributed by atoms with Crippen LogP contribution < -0.4 is 0 Å². The summed E-state index contributed by atoms with van der Waals surface area (Å²) >= 11 is 0. The van der Waals surface area contributed by atoms with E-state index in [0.717, 1.165) is 0 Å². The number of hydrogen-bond acceptors (Lipinski definition) is 2. The molecule has 0 aliphatic rings. The Balaban J connectivity index is -0.0000000450. The van der Waals surface area contributed by atoms with Crippen molar-refractivity contribution in [1.82, 2.24) is 0 Å². The number of aliphatic hydroxyl groups excluding tert-OH is 2. The summed E-state index contributed by atoms with van der Waals surface area (Å²) in [5.74, 6) is 0. The molecular weight excluding hydrogens is 223 g/mol. The number of rotatable bonds is 1. The smallest absolute Gasteiger partial charge is 0.0662 e. The predicted octanol–water partition coefficient (Wildman–Crippen LogP) is -1.41. The van der Waals surface area contributed by atoms with Crippen LogP contribution in [0.4, 0.5) is 0 Å². The van der Waals surface area contributed by atoms with E-state index >= 15 is 0 Å². The Morgan fingerprint density at radius 1 is 1.00 bits per heavy atom. The summed E-state index contributed by atoms with van der Waals surface area (Å²) in [4.78, 5) is 0. The van der Waals surface area contributed by atoms with Gasteiger partial charge in [-0.3, -0.25) is 0 Å². The van der Waals surface area contributed by atoms with Gasteiger partial charge in [-0.2, -0.15) is 0 Å². The van der Waals surface area contributed by atoms with Crippen molar-refractivity contribution >= 4 is 23.9 Å². The summed E-state index contributed by atoms with van der Waals surface area (Å²) in [6.07, 6.45) is 0. The average molecular weight is 229 g/mol. The molecule has 0 unspecified atom stereocenters. The SMILES string of the molecule is OCCO.[Sn].[Ti]. The normalized spacial score (nSPS) is 5.00. The Labute approximate surface area is 68.8 Å². The Kier molecular flexibility index (Phi) is 42.0. The summed E-state index contributed by atoms with van der Waals surface area (Å²) in [5, 5.41) is 15.2. The van der Waals surface area contributed by atoms with Gasteiger partial charge in [0.05, 0.1) is 13.2 Å². The maximum absolute atomic E-state index is 7.62. The molecule has 0 spiro atoms. The zero-order chi connectivity index (χ0) is 3.41. The summed E-state index contributed by atoms with van der Waals surface area (Å²) in [5.41, 5.74) is 0. The largest absolute Gasteiger partial charge is 0.394 e. The van der Waals surface area contributed by atoms with Gasteiger partial charge in [-0.25, -0.2) is 0 Å². The Morgan fingerprint density at radius 3 is 1.17 bits per heavy atom. The van der Waals surface area contributed by atoms with E-state index in [1.807, 2.05) is 0 Å². The van der Waals surface area contributed by atoms with Crippen molar-refractivity contribution in [2.24, 2.45) is 0 Å². The van der Waals surface area contributed by atoms with Crippen LogP contribution in [0.15, 0.2) is 0 Å². The van der Waals surface area contributed by atoms with Crippen molar-refractivity contribution < 1.29 is 31.9 Å². The predicted molar refractivity (Wildman–Crippen MR) is 19.9 cm³/mol. The van der Waals surface area contributed by atoms with E-state index in [4.69, 9.17) is 10.2 Å². The fraction of sp³-hybridized carbons (Fsp3) is 1.00. The Hall–Kier alpha value is 1.43. The quantitative estimate of drug-likeness (QED) is 0.542. The molecule has 0 saturated heterocycles. The summed E-state index contributed by atoms with van der Waals surface area (Å²) < 4.78 is 0. The number of aliphatic hydroxyl groups is 2. The van der Waals surface area contributed by atoms with Crippen molar-refractivity contribution in [1.29, 1.82) is 0 Å². The van der Waals surface area contributed by atoms with E-state index in [-0.39, 0.29) is 58.8 Å². The molecule has 0 heterocycles. The molecule has 0 saturated carbocycles. The summed E-state index contributed by atoms with van der Waals surface area (Å²) in [7, 11) is 0. The summed E-state index contributed by atoms with van der Waals surface area (Å²) in [6.45, 7) is -0.250. The monoisotopic (exact) mass is 230 g/mol. The average Bonchev–Trinajstić information content (AvgIpc) is 1.37. The topological polar surface area (TPSA) is 40.5 Å². The molecule has 0 aliphatic heterocycles. The minimum absolute atomic E-state index is 0. The third kappa shape index (κ3) is 18.0. The molecule has 0 aromatic rings. The van der Waals surface area contributed by atoms with Crippen LogP contribution in [0, 0.1) is 0 Å². The first-order valence-electron chi connectivity index (χ1n) is 1.13. The molecule has 0 bridgehead atoms. The molecule has 4 radical (unpaired) electrons. The molecule has 0 aromatic carbocycles. The second-order valence-corrected chi connectivity index (χ2v) is 0.447. The van der Waals surface area contributed by atoms with E-state index in [1.165, 1.54) is 0 Å². The van der Waals surface area contributed by atoms with Crippen LogP contribution in [0.5, 0.6) is 0 Å². The van der Waals surface area contributed by atoms with E-state index in [2.05, 4.69) is 0 Å². The van der Waals surface area contributed by atoms with Crippen LogP contribution in [-0.2, 0) is 21.7 Å². The molecule has 34 valence electrons. The van der Waals surface area contributed by atoms with Gasteiger partial charge in [0.15, 0.2) is 0 Å². The van der Waals surface area contributed by atoms with Gasteiger partial charge in [0.25, 0.3) is 0 Å². The van der Waals surface area contributed by atoms with Gasteiger partial charge in [0, 0.05) is 45.6 Å². The Bertz CT molecular complexity index is 13.5. The first kappa shape index (κ1) is 15.7. The Morgan fingerprint density at radius 2 is 1.17 bits per heavy atom. The minimum Gasteiger partial charge on any atom is -0.394 e. The molecule has 2 N–H and O–H groups in total. The molecule has 2 nitrogen and oxygen atoms in total. The van der Waals surface area contributed by atoms with E-state index in [0.29, 0.717) is 0 Å². The molecule has 0 aliphatic carbocycles. The zero-order valence-corrected chi connectivity index (χ0v) is 7.72. The fourth-order valence-corrected chi connectivity index (χ4v) is 0. The van der Waals surface area contributed by atoms with Gasteiger partial charge in [-0.05, 0) is 0 Å². The first-order chi connectivity index (χ1) is 1.91. The molecule has 4 heteroatoms. The van der Waals surface area contributed by atoms with Crippen molar-refractivity contribution in [3.63, 3.8) is 0 Å². The van der Waals surface area contributed by atoms with Crippen LogP contribution >= 0.6 is 0 Å². The molecular formula is C2H6O2SnTi. The molecule has 0 atom stereocenters. The van der Waals surface area contributed by atoms with Gasteiger partial charge in [0.1, 0.15) is 0 Å². The molecule has 6 heavy (non-hydrogen) atoms. The van der Waals surface area contributed by atoms with Gasteiger partial charge >= 0.3 is 0 Å². The third-order valence-electron chi connectivity index (χ3n) is 0.1000. The van der Waals surface area contributed by atoms with E-state index in [9.17, 15) is 0 Å². The van der Waals surface area contributed by atoms with Crippen molar-refractivity contribution in [2.45, 2.75) is 0 Å². The van der Waals surface area contributed by atoms with Gasteiger partial charge in [0.2, 0.25) is 0 Å². The fourth-order valence-electron chi connectivity index (χ4n) is 0. The van der Waals surface area contributed by atoms with Crippen LogP contribution in [0.25, 0.3) is 0 Å². The standard InChI is InChI=1S/C2H6O2.Sn.Ti/c3-1-2-4;;/h3-4H,1-2H2;;. The van der Waals surface area contributed by atoms with Crippen LogP contribution in [0.2, 0.25) is 0 Å². The van der Waals surface area contributed by atoms with E-state index in [1.54, 1.807) is 0 Å². The van der Waals surface area contributed by atoms with Crippen LogP contribution in [-0.4, -0.2) is 47.3 Å². The summed E-state index contributed by atoms with van der Waals surface area (Å²) in [6, 6.07) is 0. The van der Waals surface area contributed by atoms with Crippen molar-refractivity contribution in [3.05, 3.63) is 0 Å². The molecule has 0 rings (SSSR count). The molecule has 0 aromatic heterocycles. The van der Waals surface area contributed by atoms with Gasteiger partial charge < -0.3 is 10.2 Å². The van der Waals surface area contributed by atoms with E-state index < -0.39 is 0 Å². The maximum atomic E-state index is 7.62. The molecule has 0 fully saturated rings. The van der Waals surface area contributed by atoms with Gasteiger partial charge in [-0.15, -0.1) is 0 Å². The van der Waals surface area contributed by atoms with Crippen molar-refractivity contribution in [3.8, 4) is 0 Å². The van der Waals surface area contributed by atoms with Crippen LogP contribution in [0.3, 0.4) is 0 Å². The first-order valence-corrected chi connectivity index (χ1v) is 1.13. The van der Waals surface area contributed by atoms with Crippen LogP contribution in [0.1, 0.15) is 0 Å².